The van der Waals surface area contributed by atoms with Crippen molar-refractivity contribution in [3.8, 4) is 5.75 Å². The standard InChI is InChI=1S/C10H13ClO2/c1-2-10(11)13-9-5-3-4-8(6-9)7-12/h3-6,10,12H,2,7H2,1H3. The fourth-order valence-electron chi connectivity index (χ4n) is 0.948. The van der Waals surface area contributed by atoms with Crippen LogP contribution >= 0.6 is 11.6 Å². The first-order chi connectivity index (χ1) is 6.26. The van der Waals surface area contributed by atoms with Crippen LogP contribution < -0.4 is 4.74 Å². The van der Waals surface area contributed by atoms with Crippen molar-refractivity contribution in [2.24, 2.45) is 0 Å². The molecule has 1 unspecified atom stereocenters. The SMILES string of the molecule is CCC(Cl)Oc1cccc(CO)c1. The molecule has 1 atom stereocenters. The van der Waals surface area contributed by atoms with Crippen LogP contribution in [0.4, 0.5) is 0 Å². The summed E-state index contributed by atoms with van der Waals surface area (Å²) in [7, 11) is 0. The number of ether oxygens (including phenoxy) is 1. The van der Waals surface area contributed by atoms with E-state index in [2.05, 4.69) is 0 Å². The Hall–Kier alpha value is -0.730. The maximum atomic E-state index is 8.86. The van der Waals surface area contributed by atoms with Crippen molar-refractivity contribution in [2.75, 3.05) is 0 Å². The van der Waals surface area contributed by atoms with Gasteiger partial charge in [-0.2, -0.15) is 0 Å². The predicted molar refractivity (Wildman–Crippen MR) is 52.9 cm³/mol. The molecule has 0 fully saturated rings. The maximum absolute atomic E-state index is 8.86. The van der Waals surface area contributed by atoms with E-state index in [9.17, 15) is 0 Å². The van der Waals surface area contributed by atoms with Crippen molar-refractivity contribution < 1.29 is 9.84 Å². The fourth-order valence-corrected chi connectivity index (χ4v) is 1.05. The van der Waals surface area contributed by atoms with Crippen LogP contribution in [0, 0.1) is 0 Å². The largest absolute Gasteiger partial charge is 0.475 e. The molecule has 13 heavy (non-hydrogen) atoms. The molecule has 0 heterocycles. The molecule has 0 saturated carbocycles. The zero-order valence-electron chi connectivity index (χ0n) is 7.53. The number of hydrogen-bond acceptors (Lipinski definition) is 2. The van der Waals surface area contributed by atoms with E-state index in [1.54, 1.807) is 6.07 Å². The van der Waals surface area contributed by atoms with Gasteiger partial charge in [-0.1, -0.05) is 30.7 Å². The minimum atomic E-state index is -0.297. The molecule has 0 bridgehead atoms. The highest BCUT2D eigenvalue weighted by Crippen LogP contribution is 2.17. The van der Waals surface area contributed by atoms with Crippen LogP contribution in [0.5, 0.6) is 5.75 Å². The molecule has 0 aliphatic carbocycles. The van der Waals surface area contributed by atoms with Gasteiger partial charge in [0.15, 0.2) is 5.56 Å². The Morgan fingerprint density at radius 1 is 1.54 bits per heavy atom. The van der Waals surface area contributed by atoms with Crippen LogP contribution in [0.1, 0.15) is 18.9 Å². The average Bonchev–Trinajstić information content (AvgIpc) is 2.18. The van der Waals surface area contributed by atoms with E-state index < -0.39 is 0 Å². The fraction of sp³-hybridized carbons (Fsp3) is 0.400. The van der Waals surface area contributed by atoms with Gasteiger partial charge in [0.2, 0.25) is 0 Å². The summed E-state index contributed by atoms with van der Waals surface area (Å²) < 4.78 is 5.36. The quantitative estimate of drug-likeness (QED) is 0.757. The summed E-state index contributed by atoms with van der Waals surface area (Å²) in [5.74, 6) is 0.702. The van der Waals surface area contributed by atoms with E-state index >= 15 is 0 Å². The number of aliphatic hydroxyl groups is 1. The zero-order chi connectivity index (χ0) is 9.68. The molecular weight excluding hydrogens is 188 g/mol. The average molecular weight is 201 g/mol. The van der Waals surface area contributed by atoms with Crippen molar-refractivity contribution in [2.45, 2.75) is 25.5 Å². The van der Waals surface area contributed by atoms with E-state index in [1.807, 2.05) is 25.1 Å². The molecule has 1 aromatic rings. The molecule has 3 heteroatoms. The summed E-state index contributed by atoms with van der Waals surface area (Å²) in [6, 6.07) is 7.28. The number of rotatable bonds is 4. The number of hydrogen-bond donors (Lipinski definition) is 1. The molecule has 0 saturated heterocycles. The van der Waals surface area contributed by atoms with Gasteiger partial charge in [-0.3, -0.25) is 0 Å². The highest BCUT2D eigenvalue weighted by Gasteiger charge is 2.02. The van der Waals surface area contributed by atoms with Crippen molar-refractivity contribution in [1.82, 2.24) is 0 Å². The van der Waals surface area contributed by atoms with E-state index in [1.165, 1.54) is 0 Å². The van der Waals surface area contributed by atoms with Gasteiger partial charge >= 0.3 is 0 Å². The highest BCUT2D eigenvalue weighted by atomic mass is 35.5. The molecule has 0 amide bonds. The first-order valence-corrected chi connectivity index (χ1v) is 4.70. The molecule has 0 spiro atoms. The van der Waals surface area contributed by atoms with E-state index in [0.29, 0.717) is 5.75 Å². The molecule has 72 valence electrons. The molecule has 1 rings (SSSR count). The summed E-state index contributed by atoms with van der Waals surface area (Å²) in [4.78, 5) is 0. The number of halogens is 1. The Morgan fingerprint density at radius 3 is 2.92 bits per heavy atom. The number of benzene rings is 1. The lowest BCUT2D eigenvalue weighted by Crippen LogP contribution is -2.06. The highest BCUT2D eigenvalue weighted by molar-refractivity contribution is 6.19. The molecule has 0 aliphatic rings. The van der Waals surface area contributed by atoms with E-state index in [4.69, 9.17) is 21.4 Å². The van der Waals surface area contributed by atoms with Gasteiger partial charge in [-0.05, 0) is 24.1 Å². The first-order valence-electron chi connectivity index (χ1n) is 4.26. The monoisotopic (exact) mass is 200 g/mol. The minimum absolute atomic E-state index is 0.0241. The first kappa shape index (κ1) is 10.4. The Bertz CT molecular complexity index is 263. The predicted octanol–water partition coefficient (Wildman–Crippen LogP) is 2.53. The van der Waals surface area contributed by atoms with Gasteiger partial charge in [0.1, 0.15) is 5.75 Å². The Morgan fingerprint density at radius 2 is 2.31 bits per heavy atom. The lowest BCUT2D eigenvalue weighted by atomic mass is 10.2. The minimum Gasteiger partial charge on any atom is -0.475 e. The molecule has 1 N–H and O–H groups in total. The third-order valence-electron chi connectivity index (χ3n) is 1.67. The second-order valence-corrected chi connectivity index (χ2v) is 3.23. The Labute approximate surface area is 83.1 Å². The van der Waals surface area contributed by atoms with Crippen LogP contribution in [-0.2, 0) is 6.61 Å². The second kappa shape index (κ2) is 5.10. The lowest BCUT2D eigenvalue weighted by Gasteiger charge is -2.10. The summed E-state index contributed by atoms with van der Waals surface area (Å²) in [5, 5.41) is 8.86. The van der Waals surface area contributed by atoms with Gasteiger partial charge in [-0.25, -0.2) is 0 Å². The molecule has 0 aliphatic heterocycles. The summed E-state index contributed by atoms with van der Waals surface area (Å²) in [5.41, 5.74) is 0.534. The van der Waals surface area contributed by atoms with Crippen molar-refractivity contribution in [3.05, 3.63) is 29.8 Å². The lowest BCUT2D eigenvalue weighted by molar-refractivity contribution is 0.269. The molecule has 0 radical (unpaired) electrons. The Kier molecular flexibility index (Phi) is 4.06. The number of alkyl halides is 1. The van der Waals surface area contributed by atoms with Gasteiger partial charge in [0.25, 0.3) is 0 Å². The summed E-state index contributed by atoms with van der Waals surface area (Å²) >= 11 is 5.81. The van der Waals surface area contributed by atoms with Crippen molar-refractivity contribution >= 4 is 11.6 Å². The van der Waals surface area contributed by atoms with Crippen LogP contribution in [0.25, 0.3) is 0 Å². The summed E-state index contributed by atoms with van der Waals surface area (Å²) in [6.07, 6.45) is 0.755. The van der Waals surface area contributed by atoms with Crippen LogP contribution in [0.2, 0.25) is 0 Å². The van der Waals surface area contributed by atoms with E-state index in [-0.39, 0.29) is 12.2 Å². The van der Waals surface area contributed by atoms with E-state index in [0.717, 1.165) is 12.0 Å². The molecular formula is C10H13ClO2. The smallest absolute Gasteiger partial charge is 0.171 e. The third kappa shape index (κ3) is 3.25. The normalized spacial score (nSPS) is 12.5. The van der Waals surface area contributed by atoms with Crippen LogP contribution in [0.3, 0.4) is 0 Å². The van der Waals surface area contributed by atoms with Crippen LogP contribution in [-0.4, -0.2) is 10.7 Å². The maximum Gasteiger partial charge on any atom is 0.171 e. The van der Waals surface area contributed by atoms with Gasteiger partial charge < -0.3 is 9.84 Å². The van der Waals surface area contributed by atoms with Gasteiger partial charge in [0, 0.05) is 0 Å². The third-order valence-corrected chi connectivity index (χ3v) is 2.06. The zero-order valence-corrected chi connectivity index (χ0v) is 8.29. The van der Waals surface area contributed by atoms with Crippen molar-refractivity contribution in [3.63, 3.8) is 0 Å². The topological polar surface area (TPSA) is 29.5 Å². The molecule has 1 aromatic carbocycles. The van der Waals surface area contributed by atoms with Gasteiger partial charge in [0.05, 0.1) is 6.61 Å². The second-order valence-electron chi connectivity index (χ2n) is 2.74. The van der Waals surface area contributed by atoms with Crippen LogP contribution in [0.15, 0.2) is 24.3 Å². The van der Waals surface area contributed by atoms with Gasteiger partial charge in [-0.15, -0.1) is 0 Å². The molecule has 0 aromatic heterocycles. The molecule has 2 nitrogen and oxygen atoms in total. The Balaban J connectivity index is 2.66. The van der Waals surface area contributed by atoms with Crippen molar-refractivity contribution in [1.29, 1.82) is 0 Å². The number of aliphatic hydroxyl groups excluding tert-OH is 1. The summed E-state index contributed by atoms with van der Waals surface area (Å²) in [6.45, 7) is 1.98.